The molecule has 6 rings (SSSR count). The van der Waals surface area contributed by atoms with E-state index in [9.17, 15) is 9.90 Å². The molecule has 172 valence electrons. The summed E-state index contributed by atoms with van der Waals surface area (Å²) in [5.41, 5.74) is 12.4. The monoisotopic (exact) mass is 479 g/mol. The second-order valence-corrected chi connectivity index (χ2v) is 9.28. The number of aromatic nitrogens is 1. The predicted octanol–water partition coefficient (Wildman–Crippen LogP) is 6.52. The molecule has 4 N–H and O–H groups in total. The highest BCUT2D eigenvalue weighted by Gasteiger charge is 2.36. The Hall–Kier alpha value is -4.22. The standard InChI is InChI=1S/C29H22ClN3O2/c30-21-9-12-27(34)24(15-21)28(26-14-19-3-1-2-4-25(19)32-26)33-16-20-6-5-18(13-23(20)29(33)35)17-7-10-22(31)11-8-17/h1-15,28,32,34H,16,31H2/t28-/m1/s1. The number of para-hydroxylation sites is 1. The summed E-state index contributed by atoms with van der Waals surface area (Å²) in [5, 5.41) is 12.3. The zero-order valence-corrected chi connectivity index (χ0v) is 19.5. The Morgan fingerprint density at radius 1 is 0.914 bits per heavy atom. The van der Waals surface area contributed by atoms with E-state index in [4.69, 9.17) is 17.3 Å². The lowest BCUT2D eigenvalue weighted by Gasteiger charge is -2.28. The number of benzene rings is 4. The third-order valence-electron chi connectivity index (χ3n) is 6.63. The number of phenols is 1. The van der Waals surface area contributed by atoms with E-state index in [1.54, 1.807) is 23.1 Å². The maximum Gasteiger partial charge on any atom is 0.255 e. The second-order valence-electron chi connectivity index (χ2n) is 8.84. The maximum absolute atomic E-state index is 13.8. The van der Waals surface area contributed by atoms with Crippen molar-refractivity contribution in [3.63, 3.8) is 0 Å². The zero-order chi connectivity index (χ0) is 24.1. The van der Waals surface area contributed by atoms with Gasteiger partial charge in [-0.25, -0.2) is 0 Å². The van der Waals surface area contributed by atoms with Crippen molar-refractivity contribution in [1.29, 1.82) is 0 Å². The molecule has 1 aliphatic rings. The summed E-state index contributed by atoms with van der Waals surface area (Å²) in [6, 6.07) is 27.9. The topological polar surface area (TPSA) is 82.4 Å². The van der Waals surface area contributed by atoms with Gasteiger partial charge >= 0.3 is 0 Å². The molecule has 0 bridgehead atoms. The molecule has 0 saturated heterocycles. The summed E-state index contributed by atoms with van der Waals surface area (Å²) in [6.07, 6.45) is 0. The van der Waals surface area contributed by atoms with Crippen LogP contribution in [0, 0.1) is 0 Å². The van der Waals surface area contributed by atoms with E-state index in [0.29, 0.717) is 28.4 Å². The van der Waals surface area contributed by atoms with Crippen LogP contribution in [0.15, 0.2) is 91.0 Å². The molecule has 5 nitrogen and oxygen atoms in total. The van der Waals surface area contributed by atoms with Crippen molar-refractivity contribution in [2.75, 3.05) is 5.73 Å². The Morgan fingerprint density at radius 2 is 1.69 bits per heavy atom. The zero-order valence-electron chi connectivity index (χ0n) is 18.7. The molecule has 0 unspecified atom stereocenters. The van der Waals surface area contributed by atoms with Crippen LogP contribution >= 0.6 is 11.6 Å². The number of amides is 1. The molecule has 0 saturated carbocycles. The summed E-state index contributed by atoms with van der Waals surface area (Å²) >= 11 is 6.33. The Morgan fingerprint density at radius 3 is 2.49 bits per heavy atom. The maximum atomic E-state index is 13.8. The number of rotatable bonds is 4. The van der Waals surface area contributed by atoms with Gasteiger partial charge in [0.05, 0.1) is 0 Å². The predicted molar refractivity (Wildman–Crippen MR) is 139 cm³/mol. The van der Waals surface area contributed by atoms with Crippen LogP contribution in [0.4, 0.5) is 5.69 Å². The van der Waals surface area contributed by atoms with Crippen molar-refractivity contribution in [3.05, 3.63) is 118 Å². The number of nitrogens with two attached hydrogens (primary N) is 1. The van der Waals surface area contributed by atoms with Gasteiger partial charge in [0.1, 0.15) is 11.8 Å². The minimum absolute atomic E-state index is 0.0874. The summed E-state index contributed by atoms with van der Waals surface area (Å²) in [5.74, 6) is -0.00953. The van der Waals surface area contributed by atoms with Gasteiger partial charge in [-0.2, -0.15) is 0 Å². The summed E-state index contributed by atoms with van der Waals surface area (Å²) in [4.78, 5) is 19.0. The summed E-state index contributed by atoms with van der Waals surface area (Å²) < 4.78 is 0. The van der Waals surface area contributed by atoms with Crippen molar-refractivity contribution in [2.45, 2.75) is 12.6 Å². The number of fused-ring (bicyclic) bond motifs is 2. The Labute approximate surface area is 207 Å². The van der Waals surface area contributed by atoms with Gasteiger partial charge in [0, 0.05) is 39.6 Å². The van der Waals surface area contributed by atoms with Gasteiger partial charge < -0.3 is 20.7 Å². The molecule has 1 aliphatic heterocycles. The molecule has 1 aromatic heterocycles. The number of carbonyl (C=O) groups is 1. The number of H-pyrrole nitrogens is 1. The van der Waals surface area contributed by atoms with Crippen molar-refractivity contribution in [2.24, 2.45) is 0 Å². The van der Waals surface area contributed by atoms with Crippen LogP contribution in [0.2, 0.25) is 5.02 Å². The molecule has 6 heteroatoms. The fraction of sp³-hybridized carbons (Fsp3) is 0.0690. The number of carbonyl (C=O) groups excluding carboxylic acids is 1. The fourth-order valence-corrected chi connectivity index (χ4v) is 5.06. The van der Waals surface area contributed by atoms with Crippen LogP contribution in [0.25, 0.3) is 22.0 Å². The first-order valence-corrected chi connectivity index (χ1v) is 11.7. The molecule has 0 spiro atoms. The normalized spacial score (nSPS) is 13.9. The lowest BCUT2D eigenvalue weighted by atomic mass is 10.00. The third kappa shape index (κ3) is 3.70. The molecule has 35 heavy (non-hydrogen) atoms. The molecule has 0 radical (unpaired) electrons. The van der Waals surface area contributed by atoms with E-state index in [-0.39, 0.29) is 11.7 Å². The smallest absolute Gasteiger partial charge is 0.255 e. The molecular weight excluding hydrogens is 458 g/mol. The van der Waals surface area contributed by atoms with Crippen LogP contribution < -0.4 is 5.73 Å². The van der Waals surface area contributed by atoms with Gasteiger partial charge in [-0.15, -0.1) is 0 Å². The highest BCUT2D eigenvalue weighted by molar-refractivity contribution is 6.30. The molecular formula is C29H22ClN3O2. The summed E-state index contributed by atoms with van der Waals surface area (Å²) in [6.45, 7) is 0.419. The average Bonchev–Trinajstić information content (AvgIpc) is 3.43. The van der Waals surface area contributed by atoms with E-state index in [1.165, 1.54) is 0 Å². The van der Waals surface area contributed by atoms with Crippen LogP contribution in [-0.4, -0.2) is 20.9 Å². The molecule has 1 amide bonds. The van der Waals surface area contributed by atoms with Crippen LogP contribution in [0.1, 0.15) is 33.2 Å². The van der Waals surface area contributed by atoms with Crippen molar-refractivity contribution in [1.82, 2.24) is 9.88 Å². The largest absolute Gasteiger partial charge is 0.508 e. The first kappa shape index (κ1) is 21.3. The number of halogens is 1. The van der Waals surface area contributed by atoms with Crippen molar-refractivity contribution >= 4 is 34.1 Å². The lowest BCUT2D eigenvalue weighted by molar-refractivity contribution is 0.0727. The first-order valence-electron chi connectivity index (χ1n) is 11.3. The van der Waals surface area contributed by atoms with Gasteiger partial charge in [-0.3, -0.25) is 4.79 Å². The van der Waals surface area contributed by atoms with E-state index < -0.39 is 6.04 Å². The van der Waals surface area contributed by atoms with E-state index in [1.807, 2.05) is 72.8 Å². The number of nitrogen functional groups attached to an aromatic ring is 1. The van der Waals surface area contributed by atoms with Crippen molar-refractivity contribution < 1.29 is 9.90 Å². The lowest BCUT2D eigenvalue weighted by Crippen LogP contribution is -2.30. The Balaban J connectivity index is 1.45. The molecule has 2 heterocycles. The highest BCUT2D eigenvalue weighted by atomic mass is 35.5. The quantitative estimate of drug-likeness (QED) is 0.256. The van der Waals surface area contributed by atoms with E-state index in [0.717, 1.165) is 33.3 Å². The van der Waals surface area contributed by atoms with Crippen LogP contribution in [-0.2, 0) is 6.54 Å². The summed E-state index contributed by atoms with van der Waals surface area (Å²) in [7, 11) is 0. The molecule has 4 aromatic carbocycles. The van der Waals surface area contributed by atoms with Gasteiger partial charge in [0.25, 0.3) is 5.91 Å². The van der Waals surface area contributed by atoms with E-state index in [2.05, 4.69) is 4.98 Å². The number of nitrogens with zero attached hydrogens (tertiary/aromatic N) is 1. The number of phenolic OH excluding ortho intramolecular Hbond substituents is 1. The van der Waals surface area contributed by atoms with Gasteiger partial charge in [-0.1, -0.05) is 54.1 Å². The number of nitrogens with one attached hydrogen (secondary N) is 1. The van der Waals surface area contributed by atoms with Gasteiger partial charge in [-0.05, 0) is 70.6 Å². The highest BCUT2D eigenvalue weighted by Crippen LogP contribution is 2.41. The minimum atomic E-state index is -0.541. The van der Waals surface area contributed by atoms with Crippen molar-refractivity contribution in [3.8, 4) is 16.9 Å². The minimum Gasteiger partial charge on any atom is -0.508 e. The molecule has 0 aliphatic carbocycles. The Bertz CT molecular complexity index is 1560. The van der Waals surface area contributed by atoms with Gasteiger partial charge in [0.2, 0.25) is 0 Å². The van der Waals surface area contributed by atoms with Crippen LogP contribution in [0.5, 0.6) is 5.75 Å². The van der Waals surface area contributed by atoms with Crippen LogP contribution in [0.3, 0.4) is 0 Å². The molecule has 1 atom stereocenters. The fourth-order valence-electron chi connectivity index (χ4n) is 4.88. The van der Waals surface area contributed by atoms with Gasteiger partial charge in [0.15, 0.2) is 0 Å². The number of hydrogen-bond acceptors (Lipinski definition) is 3. The number of hydrogen-bond donors (Lipinski definition) is 3. The molecule has 5 aromatic rings. The number of aromatic amines is 1. The molecule has 0 fully saturated rings. The third-order valence-corrected chi connectivity index (χ3v) is 6.86. The van der Waals surface area contributed by atoms with E-state index >= 15 is 0 Å². The average molecular weight is 480 g/mol. The SMILES string of the molecule is Nc1ccc(-c2ccc3c(c2)C(=O)N([C@@H](c2cc4ccccc4[nH]2)c2cc(Cl)ccc2O)C3)cc1. The number of aromatic hydroxyl groups is 1. The number of anilines is 1. The first-order chi connectivity index (χ1) is 17.0. The second kappa shape index (κ2) is 8.22. The Kier molecular flexibility index (Phi) is 5.01.